The molecule has 2 amide bonds. The molecular formula is C18H38N4O5SSi. The van der Waals surface area contributed by atoms with Crippen LogP contribution in [0.25, 0.3) is 0 Å². The summed E-state index contributed by atoms with van der Waals surface area (Å²) in [4.78, 5) is 24.1. The van der Waals surface area contributed by atoms with E-state index in [1.54, 1.807) is 56.1 Å². The van der Waals surface area contributed by atoms with Crippen LogP contribution >= 0.6 is 11.8 Å². The van der Waals surface area contributed by atoms with Crippen molar-refractivity contribution in [2.24, 2.45) is 10.2 Å². The number of amides is 2. The minimum Gasteiger partial charge on any atom is -0.377 e. The summed E-state index contributed by atoms with van der Waals surface area (Å²) in [5.41, 5.74) is -2.05. The Morgan fingerprint density at radius 3 is 1.86 bits per heavy atom. The molecule has 9 nitrogen and oxygen atoms in total. The summed E-state index contributed by atoms with van der Waals surface area (Å²) in [6.45, 7) is 7.23. The van der Waals surface area contributed by atoms with Gasteiger partial charge in [-0.25, -0.2) is 0 Å². The molecule has 0 aromatic carbocycles. The number of carbonyl (C=O) groups is 2. The van der Waals surface area contributed by atoms with Crippen molar-refractivity contribution in [1.29, 1.82) is 0 Å². The Balaban J connectivity index is 4.16. The number of azo groups is 1. The molecule has 0 aliphatic rings. The Hall–Kier alpha value is -1.01. The van der Waals surface area contributed by atoms with Gasteiger partial charge >= 0.3 is 8.80 Å². The molecule has 0 rings (SSSR count). The van der Waals surface area contributed by atoms with Crippen molar-refractivity contribution in [3.05, 3.63) is 0 Å². The number of thioether (sulfide) groups is 1. The minimum atomic E-state index is -2.47. The van der Waals surface area contributed by atoms with E-state index in [-0.39, 0.29) is 11.8 Å². The second kappa shape index (κ2) is 13.3. The summed E-state index contributed by atoms with van der Waals surface area (Å²) in [6, 6.07) is 0.784. The van der Waals surface area contributed by atoms with Crippen LogP contribution in [0, 0.1) is 0 Å². The highest BCUT2D eigenvalue weighted by molar-refractivity contribution is 7.99. The van der Waals surface area contributed by atoms with Crippen LogP contribution in [-0.2, 0) is 22.9 Å². The monoisotopic (exact) mass is 450 g/mol. The molecule has 0 saturated carbocycles. The van der Waals surface area contributed by atoms with Crippen LogP contribution in [-0.4, -0.2) is 78.1 Å². The molecule has 0 aliphatic heterocycles. The number of rotatable bonds is 15. The molecule has 0 aliphatic carbocycles. The number of hydrogen-bond donors (Lipinski definition) is 2. The van der Waals surface area contributed by atoms with Gasteiger partial charge < -0.3 is 23.9 Å². The molecule has 2 N–H and O–H groups in total. The van der Waals surface area contributed by atoms with Crippen LogP contribution in [0.5, 0.6) is 0 Å². The van der Waals surface area contributed by atoms with Gasteiger partial charge in [0, 0.05) is 41.0 Å². The molecule has 0 unspecified atom stereocenters. The van der Waals surface area contributed by atoms with E-state index >= 15 is 0 Å². The van der Waals surface area contributed by atoms with Crippen LogP contribution < -0.4 is 10.6 Å². The third-order valence-electron chi connectivity index (χ3n) is 4.34. The first-order valence-electron chi connectivity index (χ1n) is 9.68. The fourth-order valence-corrected chi connectivity index (χ4v) is 5.17. The van der Waals surface area contributed by atoms with Gasteiger partial charge in [0.2, 0.25) is 11.8 Å². The molecule has 0 fully saturated rings. The van der Waals surface area contributed by atoms with Gasteiger partial charge in [-0.3, -0.25) is 9.59 Å². The Labute approximate surface area is 180 Å². The van der Waals surface area contributed by atoms with Gasteiger partial charge in [-0.15, -0.1) is 0 Å². The van der Waals surface area contributed by atoms with E-state index in [2.05, 4.69) is 20.9 Å². The summed E-state index contributed by atoms with van der Waals surface area (Å²) in [5, 5.41) is 13.6. The van der Waals surface area contributed by atoms with Gasteiger partial charge in [0.15, 0.2) is 11.1 Å². The van der Waals surface area contributed by atoms with E-state index < -0.39 is 19.9 Å². The predicted octanol–water partition coefficient (Wildman–Crippen LogP) is 2.25. The van der Waals surface area contributed by atoms with Gasteiger partial charge in [-0.05, 0) is 52.0 Å². The molecule has 0 atom stereocenters. The van der Waals surface area contributed by atoms with Crippen LogP contribution in [0.15, 0.2) is 10.2 Å². The van der Waals surface area contributed by atoms with Gasteiger partial charge in [0.1, 0.15) is 0 Å². The van der Waals surface area contributed by atoms with Crippen molar-refractivity contribution < 1.29 is 22.9 Å². The molecule has 0 aromatic heterocycles. The molecule has 11 heteroatoms. The average molecular weight is 451 g/mol. The minimum absolute atomic E-state index is 0.213. The number of hydrogen-bond acceptors (Lipinski definition) is 8. The molecule has 0 bridgehead atoms. The summed E-state index contributed by atoms with van der Waals surface area (Å²) in [7, 11) is 3.93. The molecule has 0 saturated heterocycles. The zero-order valence-electron chi connectivity index (χ0n) is 19.1. The van der Waals surface area contributed by atoms with Gasteiger partial charge in [0.05, 0.1) is 0 Å². The van der Waals surface area contributed by atoms with Gasteiger partial charge in [0.25, 0.3) is 0 Å². The van der Waals surface area contributed by atoms with Crippen molar-refractivity contribution in [3.8, 4) is 0 Å². The van der Waals surface area contributed by atoms with E-state index in [9.17, 15) is 9.59 Å². The Morgan fingerprint density at radius 2 is 1.38 bits per heavy atom. The quantitative estimate of drug-likeness (QED) is 0.225. The SMILES string of the molecule is CNC(=O)C(C)(C)N=NC(C)(C)C(=O)NCCCSCCC[Si](OC)(OC)OC. The summed E-state index contributed by atoms with van der Waals surface area (Å²) in [5.74, 6) is 1.45. The van der Waals surface area contributed by atoms with Crippen molar-refractivity contribution in [2.75, 3.05) is 46.4 Å². The first-order chi connectivity index (χ1) is 13.5. The van der Waals surface area contributed by atoms with E-state index in [4.69, 9.17) is 13.3 Å². The van der Waals surface area contributed by atoms with Crippen LogP contribution in [0.3, 0.4) is 0 Å². The standard InChI is InChI=1S/C18H38N4O5SSi/c1-17(2,15(23)19-5)21-22-18(3,4)16(24)20-11-9-12-28-13-10-14-29(25-6,26-7)27-8/h9-14H2,1-8H3,(H,19,23)(H,20,24). The van der Waals surface area contributed by atoms with E-state index in [0.717, 1.165) is 30.4 Å². The van der Waals surface area contributed by atoms with E-state index in [0.29, 0.717) is 6.54 Å². The Morgan fingerprint density at radius 1 is 0.897 bits per heavy atom. The maximum atomic E-state index is 12.4. The highest BCUT2D eigenvalue weighted by Crippen LogP contribution is 2.18. The maximum absolute atomic E-state index is 12.4. The lowest BCUT2D eigenvalue weighted by Gasteiger charge is -2.24. The number of likely N-dealkylation sites (N-methyl/N-ethyl adjacent to an activating group) is 1. The van der Waals surface area contributed by atoms with Gasteiger partial charge in [-0.1, -0.05) is 0 Å². The normalized spacial score (nSPS) is 13.0. The number of carbonyl (C=O) groups excluding carboxylic acids is 2. The lowest BCUT2D eigenvalue weighted by Crippen LogP contribution is -2.43. The average Bonchev–Trinajstić information content (AvgIpc) is 2.71. The van der Waals surface area contributed by atoms with Crippen LogP contribution in [0.2, 0.25) is 6.04 Å². The lowest BCUT2D eigenvalue weighted by atomic mass is 10.1. The Kier molecular flexibility index (Phi) is 12.9. The predicted molar refractivity (Wildman–Crippen MR) is 118 cm³/mol. The summed E-state index contributed by atoms with van der Waals surface area (Å²) in [6.07, 6.45) is 1.81. The van der Waals surface area contributed by atoms with E-state index in [1.807, 2.05) is 11.8 Å². The molecule has 170 valence electrons. The Bertz CT molecular complexity index is 534. The topological polar surface area (TPSA) is 111 Å². The third kappa shape index (κ3) is 10.0. The first kappa shape index (κ1) is 28.0. The third-order valence-corrected chi connectivity index (χ3v) is 8.33. The lowest BCUT2D eigenvalue weighted by molar-refractivity contribution is -0.127. The second-order valence-electron chi connectivity index (χ2n) is 7.52. The molecule has 0 heterocycles. The largest absolute Gasteiger partial charge is 0.500 e. The number of nitrogens with zero attached hydrogens (tertiary/aromatic N) is 2. The highest BCUT2D eigenvalue weighted by atomic mass is 32.2. The molecule has 29 heavy (non-hydrogen) atoms. The van der Waals surface area contributed by atoms with Gasteiger partial charge in [-0.2, -0.15) is 22.0 Å². The fraction of sp³-hybridized carbons (Fsp3) is 0.889. The maximum Gasteiger partial charge on any atom is 0.500 e. The van der Waals surface area contributed by atoms with Crippen molar-refractivity contribution in [3.63, 3.8) is 0 Å². The zero-order chi connectivity index (χ0) is 22.6. The zero-order valence-corrected chi connectivity index (χ0v) is 20.9. The van der Waals surface area contributed by atoms with E-state index in [1.165, 1.54) is 0 Å². The fourth-order valence-electron chi connectivity index (χ4n) is 2.29. The van der Waals surface area contributed by atoms with Crippen molar-refractivity contribution in [1.82, 2.24) is 10.6 Å². The summed E-state index contributed by atoms with van der Waals surface area (Å²) >= 11 is 1.82. The second-order valence-corrected chi connectivity index (χ2v) is 11.8. The van der Waals surface area contributed by atoms with Crippen molar-refractivity contribution in [2.45, 2.75) is 57.7 Å². The summed E-state index contributed by atoms with van der Waals surface area (Å²) < 4.78 is 16.2. The molecule has 0 aromatic rings. The number of nitrogens with one attached hydrogen (secondary N) is 2. The van der Waals surface area contributed by atoms with Crippen molar-refractivity contribution >= 4 is 32.4 Å². The smallest absolute Gasteiger partial charge is 0.377 e. The molecular weight excluding hydrogens is 412 g/mol. The van der Waals surface area contributed by atoms with Crippen LogP contribution in [0.1, 0.15) is 40.5 Å². The highest BCUT2D eigenvalue weighted by Gasteiger charge is 2.36. The molecule has 0 radical (unpaired) electrons. The van der Waals surface area contributed by atoms with Crippen LogP contribution in [0.4, 0.5) is 0 Å². The first-order valence-corrected chi connectivity index (χ1v) is 12.8. The molecule has 0 spiro atoms.